The molecule has 3 aromatic rings. The maximum atomic E-state index is 12.6. The molecule has 9 nitrogen and oxygen atoms in total. The third-order valence-electron chi connectivity index (χ3n) is 5.16. The molecule has 0 fully saturated rings. The number of carbonyl (C=O) groups is 3. The van der Waals surface area contributed by atoms with Crippen LogP contribution in [-0.4, -0.2) is 39.2 Å². The Hall–Kier alpha value is -4.79. The molecule has 2 N–H and O–H groups in total. The fraction of sp³-hybridized carbons (Fsp3) is 0.179. The lowest BCUT2D eigenvalue weighted by Gasteiger charge is -2.11. The van der Waals surface area contributed by atoms with Crippen molar-refractivity contribution in [2.45, 2.75) is 13.5 Å². The van der Waals surface area contributed by atoms with E-state index in [0.717, 1.165) is 5.56 Å². The van der Waals surface area contributed by atoms with Gasteiger partial charge in [0.2, 0.25) is 5.91 Å². The van der Waals surface area contributed by atoms with Crippen molar-refractivity contribution >= 4 is 29.6 Å². The number of benzene rings is 3. The number of urea groups is 1. The van der Waals surface area contributed by atoms with Crippen LogP contribution in [0, 0.1) is 0 Å². The first-order chi connectivity index (χ1) is 17.8. The normalized spacial score (nSPS) is 10.8. The topological polar surface area (TPSA) is 112 Å². The standard InChI is InChI=1S/C28H28N2O7/c1-18(31)30-28(33)29-17-19-5-9-22(10-6-19)37-23-11-7-21(8-12-23)26(27(32)36-4)15-20-13-24(34-2)16-25(14-20)35-3/h5-16H,17H2,1-4H3,(H2,29,30,31,33)/b26-15+. The fourth-order valence-corrected chi connectivity index (χ4v) is 3.35. The van der Waals surface area contributed by atoms with Crippen LogP contribution in [-0.2, 0) is 20.9 Å². The van der Waals surface area contributed by atoms with Crippen molar-refractivity contribution in [2.75, 3.05) is 21.3 Å². The summed E-state index contributed by atoms with van der Waals surface area (Å²) in [6, 6.07) is 18.9. The molecule has 0 unspecified atom stereocenters. The van der Waals surface area contributed by atoms with Crippen LogP contribution in [0.15, 0.2) is 66.7 Å². The predicted octanol–water partition coefficient (Wildman–Crippen LogP) is 4.56. The molecule has 0 spiro atoms. The minimum atomic E-state index is -0.557. The van der Waals surface area contributed by atoms with Crippen molar-refractivity contribution in [3.05, 3.63) is 83.4 Å². The van der Waals surface area contributed by atoms with Gasteiger partial charge in [-0.05, 0) is 59.2 Å². The molecule has 3 aromatic carbocycles. The zero-order valence-corrected chi connectivity index (χ0v) is 21.0. The van der Waals surface area contributed by atoms with Gasteiger partial charge in [-0.2, -0.15) is 0 Å². The van der Waals surface area contributed by atoms with Crippen LogP contribution in [0.25, 0.3) is 11.6 Å². The van der Waals surface area contributed by atoms with Gasteiger partial charge in [-0.25, -0.2) is 9.59 Å². The number of methoxy groups -OCH3 is 3. The second-order valence-electron chi connectivity index (χ2n) is 7.83. The molecular weight excluding hydrogens is 476 g/mol. The van der Waals surface area contributed by atoms with Crippen molar-refractivity contribution < 1.29 is 33.3 Å². The van der Waals surface area contributed by atoms with Gasteiger partial charge in [-0.1, -0.05) is 24.3 Å². The van der Waals surface area contributed by atoms with Crippen LogP contribution in [0.1, 0.15) is 23.6 Å². The molecule has 0 aromatic heterocycles. The Bertz CT molecular complexity index is 1260. The van der Waals surface area contributed by atoms with E-state index >= 15 is 0 Å². The van der Waals surface area contributed by atoms with E-state index in [-0.39, 0.29) is 6.54 Å². The van der Waals surface area contributed by atoms with Crippen molar-refractivity contribution in [1.29, 1.82) is 0 Å². The maximum Gasteiger partial charge on any atom is 0.338 e. The first kappa shape index (κ1) is 26.8. The van der Waals surface area contributed by atoms with E-state index in [2.05, 4.69) is 10.6 Å². The van der Waals surface area contributed by atoms with Crippen LogP contribution in [0.5, 0.6) is 23.0 Å². The summed E-state index contributed by atoms with van der Waals surface area (Å²) < 4.78 is 21.5. The quantitative estimate of drug-likeness (QED) is 0.250. The zero-order chi connectivity index (χ0) is 26.8. The lowest BCUT2D eigenvalue weighted by atomic mass is 10.0. The average molecular weight is 505 g/mol. The van der Waals surface area contributed by atoms with Gasteiger partial charge in [0, 0.05) is 19.5 Å². The molecule has 0 radical (unpaired) electrons. The lowest BCUT2D eigenvalue weighted by molar-refractivity contribution is -0.133. The van der Waals surface area contributed by atoms with Crippen molar-refractivity contribution in [3.63, 3.8) is 0 Å². The summed E-state index contributed by atoms with van der Waals surface area (Å²) in [5, 5.41) is 4.74. The molecule has 37 heavy (non-hydrogen) atoms. The van der Waals surface area contributed by atoms with Gasteiger partial charge < -0.3 is 24.3 Å². The van der Waals surface area contributed by atoms with E-state index in [4.69, 9.17) is 18.9 Å². The van der Waals surface area contributed by atoms with E-state index in [1.54, 1.807) is 87.0 Å². The third-order valence-corrected chi connectivity index (χ3v) is 5.16. The summed E-state index contributed by atoms with van der Waals surface area (Å²) in [5.74, 6) is 1.44. The Morgan fingerprint density at radius 3 is 1.86 bits per heavy atom. The first-order valence-electron chi connectivity index (χ1n) is 11.3. The number of carbonyl (C=O) groups excluding carboxylic acids is 3. The maximum absolute atomic E-state index is 12.6. The molecule has 0 saturated carbocycles. The van der Waals surface area contributed by atoms with Crippen LogP contribution in [0.3, 0.4) is 0 Å². The summed E-state index contributed by atoms with van der Waals surface area (Å²) in [7, 11) is 4.44. The number of ether oxygens (including phenoxy) is 4. The molecule has 0 saturated heterocycles. The summed E-state index contributed by atoms with van der Waals surface area (Å²) in [5.41, 5.74) is 2.55. The smallest absolute Gasteiger partial charge is 0.338 e. The molecule has 0 aliphatic carbocycles. The first-order valence-corrected chi connectivity index (χ1v) is 11.3. The largest absolute Gasteiger partial charge is 0.497 e. The molecule has 9 heteroatoms. The Morgan fingerprint density at radius 2 is 1.35 bits per heavy atom. The SMILES string of the molecule is COC(=O)/C(=C/c1cc(OC)cc(OC)c1)c1ccc(Oc2ccc(CNC(=O)NC(C)=O)cc2)cc1. The second-order valence-corrected chi connectivity index (χ2v) is 7.83. The third kappa shape index (κ3) is 7.86. The molecule has 192 valence electrons. The highest BCUT2D eigenvalue weighted by atomic mass is 16.5. The van der Waals surface area contributed by atoms with Gasteiger partial charge in [0.15, 0.2) is 0 Å². The number of nitrogens with one attached hydrogen (secondary N) is 2. The highest BCUT2D eigenvalue weighted by molar-refractivity contribution is 6.21. The number of esters is 1. The number of imide groups is 1. The van der Waals surface area contributed by atoms with Crippen molar-refractivity contribution in [1.82, 2.24) is 10.6 Å². The number of hydrogen-bond donors (Lipinski definition) is 2. The Morgan fingerprint density at radius 1 is 0.784 bits per heavy atom. The van der Waals surface area contributed by atoms with E-state index in [9.17, 15) is 14.4 Å². The van der Waals surface area contributed by atoms with E-state index in [1.165, 1.54) is 14.0 Å². The highest BCUT2D eigenvalue weighted by Crippen LogP contribution is 2.29. The van der Waals surface area contributed by atoms with Gasteiger partial charge in [0.25, 0.3) is 0 Å². The molecule has 3 amide bonds. The second kappa shape index (κ2) is 12.8. The monoisotopic (exact) mass is 504 g/mol. The molecule has 0 bridgehead atoms. The molecule has 0 aliphatic heterocycles. The van der Waals surface area contributed by atoms with Crippen LogP contribution in [0.4, 0.5) is 4.79 Å². The molecule has 0 heterocycles. The minimum Gasteiger partial charge on any atom is -0.497 e. The number of amides is 3. The van der Waals surface area contributed by atoms with Gasteiger partial charge >= 0.3 is 12.0 Å². The number of hydrogen-bond acceptors (Lipinski definition) is 7. The molecular formula is C28H28N2O7. The molecule has 0 atom stereocenters. The van der Waals surface area contributed by atoms with Gasteiger partial charge in [-0.3, -0.25) is 10.1 Å². The Kier molecular flexibility index (Phi) is 9.26. The number of rotatable bonds is 9. The Balaban J connectivity index is 1.73. The van der Waals surface area contributed by atoms with Crippen LogP contribution >= 0.6 is 0 Å². The van der Waals surface area contributed by atoms with Gasteiger partial charge in [-0.15, -0.1) is 0 Å². The predicted molar refractivity (Wildman–Crippen MR) is 138 cm³/mol. The summed E-state index contributed by atoms with van der Waals surface area (Å²) >= 11 is 0. The van der Waals surface area contributed by atoms with Crippen molar-refractivity contribution in [3.8, 4) is 23.0 Å². The Labute approximate surface area is 215 Å². The van der Waals surface area contributed by atoms with Gasteiger partial charge in [0.05, 0.1) is 26.9 Å². The molecule has 3 rings (SSSR count). The van der Waals surface area contributed by atoms with E-state index in [0.29, 0.717) is 39.7 Å². The lowest BCUT2D eigenvalue weighted by Crippen LogP contribution is -2.37. The highest BCUT2D eigenvalue weighted by Gasteiger charge is 2.14. The van der Waals surface area contributed by atoms with Crippen LogP contribution in [0.2, 0.25) is 0 Å². The van der Waals surface area contributed by atoms with Gasteiger partial charge in [0.1, 0.15) is 23.0 Å². The summed E-state index contributed by atoms with van der Waals surface area (Å²) in [6.07, 6.45) is 1.70. The summed E-state index contributed by atoms with van der Waals surface area (Å²) in [4.78, 5) is 35.0. The molecule has 0 aliphatic rings. The van der Waals surface area contributed by atoms with Crippen molar-refractivity contribution in [2.24, 2.45) is 0 Å². The minimum absolute atomic E-state index is 0.260. The van der Waals surface area contributed by atoms with Crippen LogP contribution < -0.4 is 24.8 Å². The van der Waals surface area contributed by atoms with E-state index < -0.39 is 17.9 Å². The fourth-order valence-electron chi connectivity index (χ4n) is 3.35. The summed E-state index contributed by atoms with van der Waals surface area (Å²) in [6.45, 7) is 1.53. The average Bonchev–Trinajstić information content (AvgIpc) is 2.90. The zero-order valence-electron chi connectivity index (χ0n) is 21.0. The van der Waals surface area contributed by atoms with E-state index in [1.807, 2.05) is 0 Å².